The predicted molar refractivity (Wildman–Crippen MR) is 71.4 cm³/mol. The van der Waals surface area contributed by atoms with E-state index in [9.17, 15) is 0 Å². The molecule has 0 bridgehead atoms. The number of rotatable bonds is 8. The Labute approximate surface area is 109 Å². The molecule has 6 nitrogen and oxygen atoms in total. The van der Waals surface area contributed by atoms with Crippen molar-refractivity contribution >= 4 is 0 Å². The molecule has 0 amide bonds. The van der Waals surface area contributed by atoms with Crippen molar-refractivity contribution < 1.29 is 4.74 Å². The fourth-order valence-corrected chi connectivity index (χ4v) is 1.40. The van der Waals surface area contributed by atoms with E-state index in [0.717, 1.165) is 18.8 Å². The van der Waals surface area contributed by atoms with Gasteiger partial charge in [-0.05, 0) is 34.9 Å². The third kappa shape index (κ3) is 4.36. The Hall–Kier alpha value is -0.980. The molecule has 0 fully saturated rings. The Balaban J connectivity index is 2.57. The molecular formula is C12H25N5O. The highest BCUT2D eigenvalue weighted by atomic mass is 16.5. The maximum absolute atomic E-state index is 5.89. The van der Waals surface area contributed by atoms with E-state index in [1.807, 2.05) is 38.8 Å². The van der Waals surface area contributed by atoms with Crippen LogP contribution in [0.4, 0.5) is 0 Å². The minimum atomic E-state index is -0.414. The molecule has 0 radical (unpaired) electrons. The van der Waals surface area contributed by atoms with Gasteiger partial charge >= 0.3 is 0 Å². The van der Waals surface area contributed by atoms with Crippen LogP contribution in [-0.2, 0) is 16.9 Å². The van der Waals surface area contributed by atoms with Gasteiger partial charge in [-0.2, -0.15) is 0 Å². The standard InChI is InChI=1S/C12H25N5O/c1-10(14-5)9-18-12(2,3)11-8-17(16-15-11)7-6-13-4/h8,10,13-14H,6-7,9H2,1-5H3. The zero-order chi connectivity index (χ0) is 13.6. The Morgan fingerprint density at radius 3 is 2.78 bits per heavy atom. The molecule has 1 atom stereocenters. The summed E-state index contributed by atoms with van der Waals surface area (Å²) in [5.74, 6) is 0. The fraction of sp³-hybridized carbons (Fsp3) is 0.833. The minimum absolute atomic E-state index is 0.323. The molecule has 6 heteroatoms. The van der Waals surface area contributed by atoms with E-state index >= 15 is 0 Å². The van der Waals surface area contributed by atoms with Crippen molar-refractivity contribution in [2.45, 2.75) is 39.0 Å². The molecule has 0 aromatic carbocycles. The van der Waals surface area contributed by atoms with E-state index < -0.39 is 5.60 Å². The first kappa shape index (κ1) is 15.1. The van der Waals surface area contributed by atoms with Gasteiger partial charge in [0, 0.05) is 12.6 Å². The average molecular weight is 255 g/mol. The lowest BCUT2D eigenvalue weighted by atomic mass is 10.1. The second-order valence-electron chi connectivity index (χ2n) is 4.98. The molecule has 1 heterocycles. The maximum atomic E-state index is 5.89. The topological polar surface area (TPSA) is 64.0 Å². The minimum Gasteiger partial charge on any atom is -0.368 e. The molecule has 1 rings (SSSR count). The van der Waals surface area contributed by atoms with E-state index in [4.69, 9.17) is 4.74 Å². The quantitative estimate of drug-likeness (QED) is 0.702. The van der Waals surface area contributed by atoms with Crippen LogP contribution in [0.1, 0.15) is 26.5 Å². The summed E-state index contributed by atoms with van der Waals surface area (Å²) in [7, 11) is 3.85. The van der Waals surface area contributed by atoms with Crippen LogP contribution in [0, 0.1) is 0 Å². The van der Waals surface area contributed by atoms with Crippen LogP contribution in [0.15, 0.2) is 6.20 Å². The van der Waals surface area contributed by atoms with Gasteiger partial charge in [-0.3, -0.25) is 4.68 Å². The summed E-state index contributed by atoms with van der Waals surface area (Å²) >= 11 is 0. The fourth-order valence-electron chi connectivity index (χ4n) is 1.40. The molecule has 0 saturated carbocycles. The number of aromatic nitrogens is 3. The van der Waals surface area contributed by atoms with Crippen LogP contribution in [0.2, 0.25) is 0 Å². The molecule has 0 aliphatic rings. The van der Waals surface area contributed by atoms with Gasteiger partial charge in [0.1, 0.15) is 11.3 Å². The van der Waals surface area contributed by atoms with E-state index in [1.54, 1.807) is 0 Å². The molecule has 1 aromatic heterocycles. The lowest BCUT2D eigenvalue weighted by Crippen LogP contribution is -2.32. The van der Waals surface area contributed by atoms with E-state index in [1.165, 1.54) is 0 Å². The molecule has 0 aliphatic heterocycles. The molecule has 2 N–H and O–H groups in total. The van der Waals surface area contributed by atoms with Crippen molar-refractivity contribution in [2.75, 3.05) is 27.2 Å². The zero-order valence-electron chi connectivity index (χ0n) is 12.0. The third-order valence-electron chi connectivity index (χ3n) is 2.93. The Bertz CT molecular complexity index is 350. The number of hydrogen-bond donors (Lipinski definition) is 2. The first-order chi connectivity index (χ1) is 8.49. The number of nitrogens with one attached hydrogen (secondary N) is 2. The molecule has 1 aromatic rings. The van der Waals surface area contributed by atoms with Crippen LogP contribution in [0.5, 0.6) is 0 Å². The molecule has 0 saturated heterocycles. The van der Waals surface area contributed by atoms with Crippen LogP contribution in [-0.4, -0.2) is 48.3 Å². The second-order valence-corrected chi connectivity index (χ2v) is 4.98. The number of ether oxygens (including phenoxy) is 1. The highest BCUT2D eigenvalue weighted by molar-refractivity contribution is 5.04. The van der Waals surface area contributed by atoms with E-state index in [-0.39, 0.29) is 0 Å². The molecular weight excluding hydrogens is 230 g/mol. The van der Waals surface area contributed by atoms with Crippen molar-refractivity contribution in [1.29, 1.82) is 0 Å². The molecule has 104 valence electrons. The van der Waals surface area contributed by atoms with Crippen LogP contribution >= 0.6 is 0 Å². The van der Waals surface area contributed by atoms with E-state index in [0.29, 0.717) is 12.6 Å². The summed E-state index contributed by atoms with van der Waals surface area (Å²) in [6.45, 7) is 8.45. The first-order valence-corrected chi connectivity index (χ1v) is 6.36. The highest BCUT2D eigenvalue weighted by Crippen LogP contribution is 2.22. The maximum Gasteiger partial charge on any atom is 0.114 e. The smallest absolute Gasteiger partial charge is 0.114 e. The average Bonchev–Trinajstić information content (AvgIpc) is 2.83. The predicted octanol–water partition coefficient (Wildman–Crippen LogP) is 0.357. The lowest BCUT2D eigenvalue weighted by Gasteiger charge is -2.24. The SMILES string of the molecule is CNCCn1cc(C(C)(C)OCC(C)NC)nn1. The van der Waals surface area contributed by atoms with Gasteiger partial charge in [0.05, 0.1) is 19.3 Å². The molecule has 18 heavy (non-hydrogen) atoms. The summed E-state index contributed by atoms with van der Waals surface area (Å²) in [6, 6.07) is 0.323. The van der Waals surface area contributed by atoms with Gasteiger partial charge in [0.25, 0.3) is 0 Å². The van der Waals surface area contributed by atoms with Crippen LogP contribution in [0.25, 0.3) is 0 Å². The lowest BCUT2D eigenvalue weighted by molar-refractivity contribution is -0.0326. The summed E-state index contributed by atoms with van der Waals surface area (Å²) in [5, 5.41) is 14.5. The van der Waals surface area contributed by atoms with Crippen molar-refractivity contribution in [2.24, 2.45) is 0 Å². The van der Waals surface area contributed by atoms with Crippen molar-refractivity contribution in [3.63, 3.8) is 0 Å². The van der Waals surface area contributed by atoms with Gasteiger partial charge in [-0.15, -0.1) is 5.10 Å². The van der Waals surface area contributed by atoms with Crippen LogP contribution < -0.4 is 10.6 Å². The molecule has 0 aliphatic carbocycles. The van der Waals surface area contributed by atoms with Gasteiger partial charge in [0.2, 0.25) is 0 Å². The number of nitrogens with zero attached hydrogens (tertiary/aromatic N) is 3. The van der Waals surface area contributed by atoms with Gasteiger partial charge in [0.15, 0.2) is 0 Å². The number of hydrogen-bond acceptors (Lipinski definition) is 5. The Morgan fingerprint density at radius 1 is 1.44 bits per heavy atom. The third-order valence-corrected chi connectivity index (χ3v) is 2.93. The van der Waals surface area contributed by atoms with Gasteiger partial charge < -0.3 is 15.4 Å². The highest BCUT2D eigenvalue weighted by Gasteiger charge is 2.25. The van der Waals surface area contributed by atoms with Crippen molar-refractivity contribution in [1.82, 2.24) is 25.6 Å². The Morgan fingerprint density at radius 2 is 2.17 bits per heavy atom. The van der Waals surface area contributed by atoms with Gasteiger partial charge in [-0.1, -0.05) is 5.21 Å². The normalized spacial score (nSPS) is 13.8. The van der Waals surface area contributed by atoms with Crippen molar-refractivity contribution in [3.05, 3.63) is 11.9 Å². The zero-order valence-corrected chi connectivity index (χ0v) is 12.0. The van der Waals surface area contributed by atoms with Crippen molar-refractivity contribution in [3.8, 4) is 0 Å². The second kappa shape index (κ2) is 6.82. The summed E-state index contributed by atoms with van der Waals surface area (Å²) in [5.41, 5.74) is 0.449. The van der Waals surface area contributed by atoms with Gasteiger partial charge in [-0.25, -0.2) is 0 Å². The van der Waals surface area contributed by atoms with E-state index in [2.05, 4.69) is 27.9 Å². The summed E-state index contributed by atoms with van der Waals surface area (Å²) < 4.78 is 7.72. The monoisotopic (exact) mass is 255 g/mol. The van der Waals surface area contributed by atoms with Crippen LogP contribution in [0.3, 0.4) is 0 Å². The summed E-state index contributed by atoms with van der Waals surface area (Å²) in [6.07, 6.45) is 1.95. The largest absolute Gasteiger partial charge is 0.368 e. The molecule has 1 unspecified atom stereocenters. The summed E-state index contributed by atoms with van der Waals surface area (Å²) in [4.78, 5) is 0. The number of likely N-dealkylation sites (N-methyl/N-ethyl adjacent to an activating group) is 2. The Kier molecular flexibility index (Phi) is 5.71. The first-order valence-electron chi connectivity index (χ1n) is 6.36. The molecule has 0 spiro atoms.